The van der Waals surface area contributed by atoms with E-state index in [1.54, 1.807) is 7.11 Å². The highest BCUT2D eigenvalue weighted by molar-refractivity contribution is 4.97. The van der Waals surface area contributed by atoms with Crippen molar-refractivity contribution in [2.75, 3.05) is 20.3 Å². The highest BCUT2D eigenvalue weighted by Gasteiger charge is 2.41. The summed E-state index contributed by atoms with van der Waals surface area (Å²) in [6.45, 7) is 8.51. The Bertz CT molecular complexity index is 211. The molecule has 0 aromatic heterocycles. The Hall–Kier alpha value is -0.120. The third-order valence-electron chi connectivity index (χ3n) is 4.11. The molecule has 0 bridgehead atoms. The van der Waals surface area contributed by atoms with Gasteiger partial charge in [-0.05, 0) is 32.2 Å². The van der Waals surface area contributed by atoms with Gasteiger partial charge in [0.05, 0.1) is 12.2 Å². The molecule has 3 heteroatoms. The van der Waals surface area contributed by atoms with Crippen LogP contribution in [0.5, 0.6) is 0 Å². The van der Waals surface area contributed by atoms with Crippen LogP contribution in [0.3, 0.4) is 0 Å². The van der Waals surface area contributed by atoms with Crippen LogP contribution in [-0.2, 0) is 9.47 Å². The lowest BCUT2D eigenvalue weighted by Crippen LogP contribution is -2.60. The van der Waals surface area contributed by atoms with Crippen LogP contribution >= 0.6 is 0 Å². The zero-order valence-corrected chi connectivity index (χ0v) is 12.6. The van der Waals surface area contributed by atoms with Crippen molar-refractivity contribution >= 4 is 0 Å². The van der Waals surface area contributed by atoms with Crippen LogP contribution in [0.4, 0.5) is 0 Å². The summed E-state index contributed by atoms with van der Waals surface area (Å²) in [7, 11) is 1.79. The largest absolute Gasteiger partial charge is 0.377 e. The fourth-order valence-corrected chi connectivity index (χ4v) is 2.74. The van der Waals surface area contributed by atoms with Crippen LogP contribution in [0, 0.1) is 5.92 Å². The zero-order chi connectivity index (χ0) is 13.4. The van der Waals surface area contributed by atoms with Crippen LogP contribution in [0.25, 0.3) is 0 Å². The van der Waals surface area contributed by atoms with E-state index in [4.69, 9.17) is 9.47 Å². The number of ether oxygens (including phenoxy) is 2. The van der Waals surface area contributed by atoms with Crippen LogP contribution in [0.1, 0.15) is 52.9 Å². The van der Waals surface area contributed by atoms with Gasteiger partial charge in [0.25, 0.3) is 0 Å². The van der Waals surface area contributed by atoms with Crippen LogP contribution in [-0.4, -0.2) is 38.5 Å². The first-order valence-electron chi connectivity index (χ1n) is 7.64. The van der Waals surface area contributed by atoms with Gasteiger partial charge in [-0.15, -0.1) is 0 Å². The predicted molar refractivity (Wildman–Crippen MR) is 75.9 cm³/mol. The minimum Gasteiger partial charge on any atom is -0.377 e. The molecular weight excluding hydrogens is 226 g/mol. The van der Waals surface area contributed by atoms with Gasteiger partial charge in [0.2, 0.25) is 0 Å². The van der Waals surface area contributed by atoms with Gasteiger partial charge < -0.3 is 14.8 Å². The lowest BCUT2D eigenvalue weighted by atomic mass is 9.84. The van der Waals surface area contributed by atoms with Crippen molar-refractivity contribution in [3.63, 3.8) is 0 Å². The molecule has 0 heterocycles. The van der Waals surface area contributed by atoms with E-state index in [1.807, 2.05) is 6.92 Å². The van der Waals surface area contributed by atoms with E-state index in [0.717, 1.165) is 25.5 Å². The highest BCUT2D eigenvalue weighted by Crippen LogP contribution is 2.27. The molecule has 0 aromatic rings. The van der Waals surface area contributed by atoms with Gasteiger partial charge in [-0.1, -0.05) is 33.1 Å². The molecule has 4 atom stereocenters. The van der Waals surface area contributed by atoms with Crippen molar-refractivity contribution in [1.29, 1.82) is 0 Å². The average molecular weight is 257 g/mol. The molecule has 1 rings (SSSR count). The fourth-order valence-electron chi connectivity index (χ4n) is 2.74. The van der Waals surface area contributed by atoms with E-state index >= 15 is 0 Å². The molecule has 0 saturated heterocycles. The quantitative estimate of drug-likeness (QED) is 0.652. The van der Waals surface area contributed by atoms with E-state index in [9.17, 15) is 0 Å². The fraction of sp³-hybridized carbons (Fsp3) is 1.00. The third kappa shape index (κ3) is 4.52. The van der Waals surface area contributed by atoms with Crippen molar-refractivity contribution in [3.8, 4) is 0 Å². The zero-order valence-electron chi connectivity index (χ0n) is 12.6. The summed E-state index contributed by atoms with van der Waals surface area (Å²) in [5.74, 6) is 0.814. The van der Waals surface area contributed by atoms with E-state index < -0.39 is 0 Å². The summed E-state index contributed by atoms with van der Waals surface area (Å²) in [5.41, 5.74) is 0. The smallest absolute Gasteiger partial charge is 0.0986 e. The number of rotatable bonds is 10. The summed E-state index contributed by atoms with van der Waals surface area (Å²) < 4.78 is 11.2. The molecule has 1 N–H and O–H groups in total. The highest BCUT2D eigenvalue weighted by atomic mass is 16.5. The van der Waals surface area contributed by atoms with Crippen molar-refractivity contribution in [1.82, 2.24) is 5.32 Å². The lowest BCUT2D eigenvalue weighted by molar-refractivity contribution is -0.131. The second-order valence-electron chi connectivity index (χ2n) is 5.36. The second-order valence-corrected chi connectivity index (χ2v) is 5.36. The predicted octanol–water partition coefficient (Wildman–Crippen LogP) is 2.98. The van der Waals surface area contributed by atoms with Crippen LogP contribution in [0.15, 0.2) is 0 Å². The molecule has 0 aliphatic heterocycles. The summed E-state index contributed by atoms with van der Waals surface area (Å²) >= 11 is 0. The molecule has 18 heavy (non-hydrogen) atoms. The summed E-state index contributed by atoms with van der Waals surface area (Å²) in [4.78, 5) is 0. The molecule has 108 valence electrons. The Kier molecular flexibility index (Phi) is 7.87. The van der Waals surface area contributed by atoms with Gasteiger partial charge in [0, 0.05) is 19.8 Å². The molecule has 0 radical (unpaired) electrons. The van der Waals surface area contributed by atoms with Crippen molar-refractivity contribution < 1.29 is 9.47 Å². The maximum Gasteiger partial charge on any atom is 0.0986 e. The molecular formula is C15H31NO2. The Morgan fingerprint density at radius 1 is 1.28 bits per heavy atom. The number of methoxy groups -OCH3 is 1. The van der Waals surface area contributed by atoms with Gasteiger partial charge in [-0.2, -0.15) is 0 Å². The van der Waals surface area contributed by atoms with E-state index in [0.29, 0.717) is 12.1 Å². The van der Waals surface area contributed by atoms with Crippen molar-refractivity contribution in [2.24, 2.45) is 5.92 Å². The van der Waals surface area contributed by atoms with Gasteiger partial charge in [0.15, 0.2) is 0 Å². The molecule has 3 nitrogen and oxygen atoms in total. The number of hydrogen-bond acceptors (Lipinski definition) is 3. The summed E-state index contributed by atoms with van der Waals surface area (Å²) in [6.07, 6.45) is 6.90. The van der Waals surface area contributed by atoms with Crippen molar-refractivity contribution in [2.45, 2.75) is 71.1 Å². The SMILES string of the molecule is CCCCC(CC)CNC1CC(OCC)C1OC. The molecule has 0 aromatic carbocycles. The molecule has 1 aliphatic carbocycles. The third-order valence-corrected chi connectivity index (χ3v) is 4.11. The first-order chi connectivity index (χ1) is 8.76. The Labute approximate surface area is 113 Å². The van der Waals surface area contributed by atoms with E-state index in [1.165, 1.54) is 25.7 Å². The second kappa shape index (κ2) is 8.89. The molecule has 1 saturated carbocycles. The maximum absolute atomic E-state index is 5.64. The average Bonchev–Trinajstić information content (AvgIpc) is 2.36. The molecule has 0 amide bonds. The number of unbranched alkanes of at least 4 members (excludes halogenated alkanes) is 1. The molecule has 4 unspecified atom stereocenters. The first-order valence-corrected chi connectivity index (χ1v) is 7.64. The molecule has 1 fully saturated rings. The van der Waals surface area contributed by atoms with E-state index in [2.05, 4.69) is 19.2 Å². The molecule has 0 spiro atoms. The van der Waals surface area contributed by atoms with Crippen molar-refractivity contribution in [3.05, 3.63) is 0 Å². The standard InChI is InChI=1S/C15H31NO2/c1-5-8-9-12(6-2)11-16-13-10-14(18-7-3)15(13)17-4/h12-16H,5-11H2,1-4H3. The van der Waals surface area contributed by atoms with E-state index in [-0.39, 0.29) is 6.10 Å². The maximum atomic E-state index is 5.64. The van der Waals surface area contributed by atoms with Gasteiger partial charge in [0.1, 0.15) is 0 Å². The topological polar surface area (TPSA) is 30.5 Å². The van der Waals surface area contributed by atoms with Gasteiger partial charge in [-0.3, -0.25) is 0 Å². The Morgan fingerprint density at radius 2 is 2.06 bits per heavy atom. The normalized spacial score (nSPS) is 29.0. The minimum absolute atomic E-state index is 0.244. The lowest BCUT2D eigenvalue weighted by Gasteiger charge is -2.44. The summed E-state index contributed by atoms with van der Waals surface area (Å²) in [5, 5.41) is 3.66. The first kappa shape index (κ1) is 15.9. The Morgan fingerprint density at radius 3 is 2.61 bits per heavy atom. The minimum atomic E-state index is 0.244. The van der Waals surface area contributed by atoms with Gasteiger partial charge >= 0.3 is 0 Å². The summed E-state index contributed by atoms with van der Waals surface area (Å²) in [6, 6.07) is 0.488. The van der Waals surface area contributed by atoms with Gasteiger partial charge in [-0.25, -0.2) is 0 Å². The number of nitrogens with one attached hydrogen (secondary N) is 1. The molecule has 1 aliphatic rings. The number of hydrogen-bond donors (Lipinski definition) is 1. The van der Waals surface area contributed by atoms with Crippen LogP contribution < -0.4 is 5.32 Å². The Balaban J connectivity index is 2.22. The monoisotopic (exact) mass is 257 g/mol. The van der Waals surface area contributed by atoms with Crippen LogP contribution in [0.2, 0.25) is 0 Å².